The van der Waals surface area contributed by atoms with E-state index in [0.29, 0.717) is 44.4 Å². The third kappa shape index (κ3) is 19.2. The number of carbonyl (C=O) groups excluding carboxylic acids is 4. The number of rotatable bonds is 14. The fraction of sp³-hybridized carbons (Fsp3) is 0.818. The fourth-order valence-electron chi connectivity index (χ4n) is 3.36. The smallest absolute Gasteiger partial charge is 0.222 e. The van der Waals surface area contributed by atoms with Crippen molar-refractivity contribution < 1.29 is 19.2 Å². The van der Waals surface area contributed by atoms with E-state index in [9.17, 15) is 19.2 Å². The number of nitrogens with zero attached hydrogens (tertiary/aromatic N) is 1. The van der Waals surface area contributed by atoms with Crippen LogP contribution in [-0.2, 0) is 19.2 Å². The maximum absolute atomic E-state index is 12.0. The highest BCUT2D eigenvalue weighted by Gasteiger charge is 2.14. The van der Waals surface area contributed by atoms with Crippen molar-refractivity contribution in [2.45, 2.75) is 103 Å². The van der Waals surface area contributed by atoms with E-state index in [-0.39, 0.29) is 17.7 Å². The van der Waals surface area contributed by atoms with Gasteiger partial charge in [0.15, 0.2) is 0 Å². The molecule has 30 heavy (non-hydrogen) atoms. The van der Waals surface area contributed by atoms with Gasteiger partial charge in [-0.2, -0.15) is 0 Å². The molecule has 1 aliphatic heterocycles. The van der Waals surface area contributed by atoms with Crippen molar-refractivity contribution in [1.82, 2.24) is 4.90 Å². The van der Waals surface area contributed by atoms with Gasteiger partial charge in [0.25, 0.3) is 0 Å². The van der Waals surface area contributed by atoms with Crippen molar-refractivity contribution in [3.63, 3.8) is 0 Å². The van der Waals surface area contributed by atoms with Crippen LogP contribution in [0.4, 0.5) is 0 Å². The Balaban J connectivity index is 0.000000710. The highest BCUT2D eigenvalue weighted by atomic mass is 16.2. The Morgan fingerprint density at radius 3 is 1.23 bits per heavy atom. The van der Waals surface area contributed by atoms with Gasteiger partial charge >= 0.3 is 0 Å². The number of nitrogens with two attached hydrogens (primary N) is 3. The minimum Gasteiger partial charge on any atom is -0.370 e. The number of hydrogen-bond acceptors (Lipinski definition) is 4. The molecule has 174 valence electrons. The highest BCUT2D eigenvalue weighted by molar-refractivity contribution is 5.76. The molecule has 0 aliphatic carbocycles. The van der Waals surface area contributed by atoms with Crippen molar-refractivity contribution >= 4 is 23.6 Å². The molecule has 8 nitrogen and oxygen atoms in total. The van der Waals surface area contributed by atoms with E-state index in [1.54, 1.807) is 0 Å². The molecule has 1 aliphatic rings. The van der Waals surface area contributed by atoms with E-state index < -0.39 is 0 Å². The molecule has 1 heterocycles. The number of primary amides is 3. The summed E-state index contributed by atoms with van der Waals surface area (Å²) < 4.78 is 0. The Bertz CT molecular complexity index is 487. The quantitative estimate of drug-likeness (QED) is 0.366. The summed E-state index contributed by atoms with van der Waals surface area (Å²) in [6.45, 7) is 1.93. The first-order valence-electron chi connectivity index (χ1n) is 11.5. The van der Waals surface area contributed by atoms with E-state index in [1.165, 1.54) is 25.7 Å². The Hall–Kier alpha value is -2.12. The van der Waals surface area contributed by atoms with Crippen LogP contribution >= 0.6 is 0 Å². The maximum Gasteiger partial charge on any atom is 0.222 e. The second-order valence-corrected chi connectivity index (χ2v) is 8.02. The van der Waals surface area contributed by atoms with Crippen LogP contribution in [0.2, 0.25) is 0 Å². The normalized spacial score (nSPS) is 13.7. The first-order valence-corrected chi connectivity index (χ1v) is 11.5. The zero-order valence-electron chi connectivity index (χ0n) is 18.5. The van der Waals surface area contributed by atoms with E-state index in [0.717, 1.165) is 51.6 Å². The summed E-state index contributed by atoms with van der Waals surface area (Å²) in [5, 5.41) is 0. The Kier molecular flexibility index (Phi) is 17.5. The van der Waals surface area contributed by atoms with Crippen LogP contribution in [0, 0.1) is 0 Å². The van der Waals surface area contributed by atoms with Gasteiger partial charge in [0.05, 0.1) is 0 Å². The number of carbonyl (C=O) groups is 4. The van der Waals surface area contributed by atoms with E-state index in [2.05, 4.69) is 4.90 Å². The van der Waals surface area contributed by atoms with E-state index in [1.807, 2.05) is 0 Å². The zero-order chi connectivity index (χ0) is 22.6. The van der Waals surface area contributed by atoms with Crippen LogP contribution in [0.1, 0.15) is 103 Å². The van der Waals surface area contributed by atoms with Crippen LogP contribution in [0.15, 0.2) is 0 Å². The molecule has 6 N–H and O–H groups in total. The minimum atomic E-state index is -0.329. The Labute approximate surface area is 181 Å². The number of likely N-dealkylation sites (tertiary alicyclic amines) is 1. The number of unbranched alkanes of at least 4 members (excludes halogenated alkanes) is 6. The van der Waals surface area contributed by atoms with Crippen LogP contribution < -0.4 is 17.2 Å². The van der Waals surface area contributed by atoms with Gasteiger partial charge in [0.1, 0.15) is 0 Å². The summed E-state index contributed by atoms with van der Waals surface area (Å²) in [6, 6.07) is 0. The lowest BCUT2D eigenvalue weighted by Gasteiger charge is -2.20. The Morgan fingerprint density at radius 1 is 0.500 bits per heavy atom. The van der Waals surface area contributed by atoms with Crippen LogP contribution in [0.25, 0.3) is 0 Å². The molecule has 0 aromatic rings. The summed E-state index contributed by atoms with van der Waals surface area (Å²) in [7, 11) is 0. The fourth-order valence-corrected chi connectivity index (χ4v) is 3.36. The van der Waals surface area contributed by atoms with Gasteiger partial charge in [-0.25, -0.2) is 0 Å². The molecule has 0 radical (unpaired) electrons. The third-order valence-electron chi connectivity index (χ3n) is 5.12. The molecule has 1 saturated heterocycles. The SMILES string of the molecule is NC(=O)CCCCC(N)=O.NC(=O)CCCCCCCCC(=O)N1CCCCCC1. The molecule has 0 saturated carbocycles. The molecule has 1 rings (SSSR count). The van der Waals surface area contributed by atoms with Gasteiger partial charge in [-0.05, 0) is 38.5 Å². The van der Waals surface area contributed by atoms with Crippen molar-refractivity contribution in [2.24, 2.45) is 17.2 Å². The predicted octanol–water partition coefficient (Wildman–Crippen LogP) is 2.51. The zero-order valence-corrected chi connectivity index (χ0v) is 18.5. The second kappa shape index (κ2) is 18.9. The average molecular weight is 427 g/mol. The topological polar surface area (TPSA) is 150 Å². The summed E-state index contributed by atoms with van der Waals surface area (Å²) in [5.41, 5.74) is 14.8. The van der Waals surface area contributed by atoms with Crippen molar-refractivity contribution in [3.8, 4) is 0 Å². The van der Waals surface area contributed by atoms with Gasteiger partial charge in [0, 0.05) is 38.8 Å². The summed E-state index contributed by atoms with van der Waals surface area (Å²) >= 11 is 0. The lowest BCUT2D eigenvalue weighted by molar-refractivity contribution is -0.131. The molecular formula is C22H42N4O4. The van der Waals surface area contributed by atoms with Gasteiger partial charge in [-0.1, -0.05) is 38.5 Å². The van der Waals surface area contributed by atoms with Crippen molar-refractivity contribution in [2.75, 3.05) is 13.1 Å². The van der Waals surface area contributed by atoms with Crippen LogP contribution in [0.5, 0.6) is 0 Å². The highest BCUT2D eigenvalue weighted by Crippen LogP contribution is 2.13. The molecule has 1 fully saturated rings. The standard InChI is InChI=1S/C16H30N2O2.C6H12N2O2/c17-15(19)11-7-3-1-2-4-8-12-16(20)18-13-9-5-6-10-14-18;7-5(9)3-1-2-4-6(8)10/h1-14H2,(H2,17,19);1-4H2,(H2,7,9)(H2,8,10). The van der Waals surface area contributed by atoms with Gasteiger partial charge in [0.2, 0.25) is 23.6 Å². The predicted molar refractivity (Wildman–Crippen MR) is 118 cm³/mol. The molecule has 8 heteroatoms. The van der Waals surface area contributed by atoms with Crippen LogP contribution in [0.3, 0.4) is 0 Å². The Morgan fingerprint density at radius 2 is 0.833 bits per heavy atom. The largest absolute Gasteiger partial charge is 0.370 e. The molecule has 0 bridgehead atoms. The molecule has 0 aromatic carbocycles. The summed E-state index contributed by atoms with van der Waals surface area (Å²) in [4.78, 5) is 45.0. The van der Waals surface area contributed by atoms with Gasteiger partial charge in [-0.3, -0.25) is 19.2 Å². The number of hydrogen-bond donors (Lipinski definition) is 3. The number of amides is 4. The molecule has 0 aromatic heterocycles. The second-order valence-electron chi connectivity index (χ2n) is 8.02. The van der Waals surface area contributed by atoms with Crippen molar-refractivity contribution in [3.05, 3.63) is 0 Å². The third-order valence-corrected chi connectivity index (χ3v) is 5.12. The first kappa shape index (κ1) is 27.9. The first-order chi connectivity index (χ1) is 14.3. The molecule has 0 atom stereocenters. The lowest BCUT2D eigenvalue weighted by atomic mass is 10.1. The monoisotopic (exact) mass is 426 g/mol. The lowest BCUT2D eigenvalue weighted by Crippen LogP contribution is -2.31. The maximum atomic E-state index is 12.0. The summed E-state index contributed by atoms with van der Waals surface area (Å²) in [6.07, 6.45) is 14.5. The van der Waals surface area contributed by atoms with Crippen molar-refractivity contribution in [1.29, 1.82) is 0 Å². The molecule has 4 amide bonds. The average Bonchev–Trinajstić information content (AvgIpc) is 2.97. The molecule has 0 spiro atoms. The molecular weight excluding hydrogens is 384 g/mol. The van der Waals surface area contributed by atoms with Gasteiger partial charge in [-0.15, -0.1) is 0 Å². The van der Waals surface area contributed by atoms with Crippen LogP contribution in [-0.4, -0.2) is 41.6 Å². The minimum absolute atomic E-state index is 0.201. The van der Waals surface area contributed by atoms with E-state index in [4.69, 9.17) is 17.2 Å². The summed E-state index contributed by atoms with van der Waals surface area (Å²) in [5.74, 6) is -0.511. The van der Waals surface area contributed by atoms with Gasteiger partial charge < -0.3 is 22.1 Å². The molecule has 0 unspecified atom stereocenters. The van der Waals surface area contributed by atoms with E-state index >= 15 is 0 Å².